The van der Waals surface area contributed by atoms with E-state index in [9.17, 15) is 18.0 Å². The smallest absolute Gasteiger partial charge is 0.326 e. The van der Waals surface area contributed by atoms with E-state index < -0.39 is 27.1 Å². The zero-order valence-electron chi connectivity index (χ0n) is 26.0. The van der Waals surface area contributed by atoms with Crippen LogP contribution in [0.1, 0.15) is 123 Å². The molecule has 1 amide bonds. The van der Waals surface area contributed by atoms with Gasteiger partial charge in [0.05, 0.1) is 5.25 Å². The van der Waals surface area contributed by atoms with Crippen LogP contribution in [0.15, 0.2) is 5.03 Å². The first-order chi connectivity index (χ1) is 19.9. The number of imidazole rings is 1. The molecule has 0 aliphatic heterocycles. The van der Waals surface area contributed by atoms with Crippen LogP contribution in [0.3, 0.4) is 0 Å². The molecule has 12 heteroatoms. The van der Waals surface area contributed by atoms with Gasteiger partial charge in [-0.1, -0.05) is 84.5 Å². The molecule has 0 spiro atoms. The minimum Gasteiger partial charge on any atom is -0.480 e. The summed E-state index contributed by atoms with van der Waals surface area (Å²) in [6, 6.07) is -0.813. The third kappa shape index (κ3) is 11.1. The summed E-state index contributed by atoms with van der Waals surface area (Å²) in [4.78, 5) is 35.8. The van der Waals surface area contributed by atoms with E-state index in [1.807, 2.05) is 11.5 Å². The molecule has 2 heterocycles. The van der Waals surface area contributed by atoms with E-state index in [1.54, 1.807) is 27.7 Å². The summed E-state index contributed by atoms with van der Waals surface area (Å²) in [6.07, 6.45) is 14.9. The van der Waals surface area contributed by atoms with E-state index >= 15 is 0 Å². The fourth-order valence-electron chi connectivity index (χ4n) is 5.04. The maximum Gasteiger partial charge on any atom is 0.326 e. The quantitative estimate of drug-likeness (QED) is 0.0888. The molecule has 1 atom stereocenters. The minimum absolute atomic E-state index is 0.0340. The Morgan fingerprint density at radius 3 is 1.81 bits per heavy atom. The number of fused-ring (bicyclic) bond motifs is 1. The van der Waals surface area contributed by atoms with Gasteiger partial charge in [-0.15, -0.1) is 0 Å². The lowest BCUT2D eigenvalue weighted by Gasteiger charge is -2.17. The molecule has 0 aliphatic rings. The molecular weight excluding hydrogens is 578 g/mol. The predicted octanol–water partition coefficient (Wildman–Crippen LogP) is 6.66. The molecular formula is C30H50ClN5O5S. The maximum atomic E-state index is 12.9. The second kappa shape index (κ2) is 17.8. The molecule has 2 aromatic heterocycles. The zero-order chi connectivity index (χ0) is 31.3. The third-order valence-electron chi connectivity index (χ3n) is 7.66. The van der Waals surface area contributed by atoms with Crippen LogP contribution in [0, 0.1) is 12.8 Å². The molecule has 2 aromatic rings. The highest BCUT2D eigenvalue weighted by Crippen LogP contribution is 2.26. The van der Waals surface area contributed by atoms with Gasteiger partial charge in [-0.3, -0.25) is 4.79 Å². The van der Waals surface area contributed by atoms with Crippen molar-refractivity contribution < 1.29 is 23.1 Å². The SMILES string of the molecule is Cc1nc2nc(Cl)nc(S(=O)(=O)C(C)C)c2n1CCCCCCCCCCCCCCCC(=O)NC(C(=O)O)C(C)C. The van der Waals surface area contributed by atoms with Gasteiger partial charge in [0, 0.05) is 13.0 Å². The van der Waals surface area contributed by atoms with E-state index in [4.69, 9.17) is 16.7 Å². The number of aliphatic carboxylic acids is 1. The molecule has 42 heavy (non-hydrogen) atoms. The Hall–Kier alpha value is -2.27. The number of carbonyl (C=O) groups is 2. The lowest BCUT2D eigenvalue weighted by molar-refractivity contribution is -0.143. The van der Waals surface area contributed by atoms with Crippen molar-refractivity contribution in [2.24, 2.45) is 5.92 Å². The van der Waals surface area contributed by atoms with Gasteiger partial charge in [-0.05, 0) is 51.1 Å². The van der Waals surface area contributed by atoms with Gasteiger partial charge in [0.25, 0.3) is 0 Å². The maximum absolute atomic E-state index is 12.9. The van der Waals surface area contributed by atoms with Crippen molar-refractivity contribution in [1.82, 2.24) is 24.8 Å². The molecule has 0 saturated carbocycles. The second-order valence-corrected chi connectivity index (χ2v) is 14.6. The summed E-state index contributed by atoms with van der Waals surface area (Å²) in [5.74, 6) is -0.572. The van der Waals surface area contributed by atoms with E-state index in [-0.39, 0.29) is 22.1 Å². The van der Waals surface area contributed by atoms with Crippen LogP contribution < -0.4 is 5.32 Å². The summed E-state index contributed by atoms with van der Waals surface area (Å²) in [5, 5.41) is 11.0. The topological polar surface area (TPSA) is 144 Å². The molecule has 0 radical (unpaired) electrons. The molecule has 0 aromatic carbocycles. The molecule has 2 N–H and O–H groups in total. The van der Waals surface area contributed by atoms with Crippen molar-refractivity contribution in [2.45, 2.75) is 147 Å². The average Bonchev–Trinajstić information content (AvgIpc) is 3.22. The number of carboxylic acid groups (broad SMARTS) is 1. The number of sulfone groups is 1. The van der Waals surface area contributed by atoms with E-state index in [0.717, 1.165) is 38.5 Å². The number of unbranched alkanes of at least 4 members (excludes halogenated alkanes) is 12. The first-order valence-corrected chi connectivity index (χ1v) is 17.4. The van der Waals surface area contributed by atoms with Crippen LogP contribution in [-0.2, 0) is 26.0 Å². The van der Waals surface area contributed by atoms with Crippen molar-refractivity contribution in [2.75, 3.05) is 0 Å². The Bertz CT molecular complexity index is 1260. The summed E-state index contributed by atoms with van der Waals surface area (Å²) in [7, 11) is -3.63. The first-order valence-electron chi connectivity index (χ1n) is 15.5. The van der Waals surface area contributed by atoms with Crippen molar-refractivity contribution in [3.63, 3.8) is 0 Å². The summed E-state index contributed by atoms with van der Waals surface area (Å²) < 4.78 is 27.8. The van der Waals surface area contributed by atoms with Crippen LogP contribution in [0.25, 0.3) is 11.2 Å². The highest BCUT2D eigenvalue weighted by atomic mass is 35.5. The number of carbonyl (C=O) groups excluding carboxylic acids is 1. The van der Waals surface area contributed by atoms with Crippen molar-refractivity contribution >= 4 is 44.5 Å². The van der Waals surface area contributed by atoms with Crippen LogP contribution in [0.2, 0.25) is 5.28 Å². The van der Waals surface area contributed by atoms with Crippen molar-refractivity contribution in [1.29, 1.82) is 0 Å². The Kier molecular flexibility index (Phi) is 15.2. The van der Waals surface area contributed by atoms with Gasteiger partial charge in [0.15, 0.2) is 20.5 Å². The summed E-state index contributed by atoms with van der Waals surface area (Å²) >= 11 is 6.01. The number of nitrogens with zero attached hydrogens (tertiary/aromatic N) is 4. The number of carboxylic acids is 1. The zero-order valence-corrected chi connectivity index (χ0v) is 27.6. The third-order valence-corrected chi connectivity index (χ3v) is 9.89. The normalized spacial score (nSPS) is 12.9. The number of nitrogens with one attached hydrogen (secondary N) is 1. The highest BCUT2D eigenvalue weighted by molar-refractivity contribution is 7.92. The van der Waals surface area contributed by atoms with Crippen molar-refractivity contribution in [3.8, 4) is 0 Å². The minimum atomic E-state index is -3.63. The monoisotopic (exact) mass is 627 g/mol. The number of halogens is 1. The Balaban J connectivity index is 1.56. The van der Waals surface area contributed by atoms with Gasteiger partial charge in [0.1, 0.15) is 17.4 Å². The van der Waals surface area contributed by atoms with Crippen LogP contribution >= 0.6 is 11.6 Å². The van der Waals surface area contributed by atoms with E-state index in [1.165, 1.54) is 44.9 Å². The number of rotatable bonds is 21. The van der Waals surface area contributed by atoms with Gasteiger partial charge < -0.3 is 15.0 Å². The summed E-state index contributed by atoms with van der Waals surface area (Å²) in [6.45, 7) is 9.37. The predicted molar refractivity (Wildman–Crippen MR) is 166 cm³/mol. The molecule has 1 unspecified atom stereocenters. The summed E-state index contributed by atoms with van der Waals surface area (Å²) in [5.41, 5.74) is 0.776. The van der Waals surface area contributed by atoms with Crippen molar-refractivity contribution in [3.05, 3.63) is 11.1 Å². The van der Waals surface area contributed by atoms with Crippen LogP contribution in [0.4, 0.5) is 0 Å². The molecule has 0 bridgehead atoms. The van der Waals surface area contributed by atoms with Crippen LogP contribution in [-0.4, -0.2) is 56.2 Å². The Labute approximate surface area is 256 Å². The number of aryl methyl sites for hydroxylation is 2. The Morgan fingerprint density at radius 1 is 0.833 bits per heavy atom. The lowest BCUT2D eigenvalue weighted by atomic mass is 10.0. The average molecular weight is 628 g/mol. The Morgan fingerprint density at radius 2 is 1.33 bits per heavy atom. The second-order valence-electron chi connectivity index (χ2n) is 11.8. The highest BCUT2D eigenvalue weighted by Gasteiger charge is 2.28. The fraction of sp³-hybridized carbons (Fsp3) is 0.767. The fourth-order valence-corrected chi connectivity index (χ4v) is 6.39. The molecule has 10 nitrogen and oxygen atoms in total. The standard InChI is InChI=1S/C30H50ClN5O5S/c1-21(2)25(29(38)39)33-24(37)19-17-15-13-11-9-7-6-8-10-12-14-16-18-20-36-23(5)32-27-26(36)28(35-30(31)34-27)42(40,41)22(3)4/h21-22,25H,6-20H2,1-5H3,(H,33,37)(H,38,39). The van der Waals surface area contributed by atoms with Gasteiger partial charge in [-0.2, -0.15) is 4.98 Å². The number of hydrogen-bond donors (Lipinski definition) is 2. The lowest BCUT2D eigenvalue weighted by Crippen LogP contribution is -2.44. The van der Waals surface area contributed by atoms with E-state index in [2.05, 4.69) is 20.3 Å². The van der Waals surface area contributed by atoms with Gasteiger partial charge >= 0.3 is 5.97 Å². The number of aromatic nitrogens is 4. The molecule has 238 valence electrons. The van der Waals surface area contributed by atoms with E-state index in [0.29, 0.717) is 30.0 Å². The molecule has 0 saturated heterocycles. The first kappa shape index (κ1) is 35.9. The van der Waals surface area contributed by atoms with Gasteiger partial charge in [0.2, 0.25) is 11.2 Å². The number of amides is 1. The molecule has 0 fully saturated rings. The number of hydrogen-bond acceptors (Lipinski definition) is 7. The van der Waals surface area contributed by atoms with Gasteiger partial charge in [-0.25, -0.2) is 23.2 Å². The largest absolute Gasteiger partial charge is 0.480 e. The molecule has 0 aliphatic carbocycles. The van der Waals surface area contributed by atoms with Crippen LogP contribution in [0.5, 0.6) is 0 Å². The molecule has 2 rings (SSSR count).